The average molecular weight is 350 g/mol. The van der Waals surface area contributed by atoms with E-state index in [4.69, 9.17) is 15.9 Å². The lowest BCUT2D eigenvalue weighted by atomic mass is 9.94. The molecule has 0 fully saturated rings. The number of aliphatic hydroxyl groups is 2. The zero-order chi connectivity index (χ0) is 18.2. The number of hydrogen-bond donors (Lipinski definition) is 3. The molecule has 0 radical (unpaired) electrons. The second kappa shape index (κ2) is 14.3. The van der Waals surface area contributed by atoms with E-state index in [1.165, 1.54) is 69.8 Å². The normalized spacial score (nSPS) is 11.8. The highest BCUT2D eigenvalue weighted by atomic mass is 16.3. The number of benzene rings is 1. The van der Waals surface area contributed by atoms with Crippen LogP contribution in [0, 0.1) is 0 Å². The molecule has 3 heteroatoms. The maximum atomic E-state index is 9.14. The first-order valence-corrected chi connectivity index (χ1v) is 10.2. The minimum Gasteiger partial charge on any atom is -0.394 e. The molecule has 3 nitrogen and oxygen atoms in total. The van der Waals surface area contributed by atoms with Crippen molar-refractivity contribution in [3.8, 4) is 0 Å². The first kappa shape index (κ1) is 22.1. The van der Waals surface area contributed by atoms with Crippen LogP contribution < -0.4 is 5.73 Å². The molecule has 1 aromatic carbocycles. The summed E-state index contributed by atoms with van der Waals surface area (Å²) in [6, 6.07) is 10.8. The number of rotatable bonds is 16. The van der Waals surface area contributed by atoms with Crippen molar-refractivity contribution < 1.29 is 10.2 Å². The molecule has 0 saturated heterocycles. The van der Waals surface area contributed by atoms with Gasteiger partial charge in [-0.3, -0.25) is 0 Å². The fraction of sp³-hybridized carbons (Fsp3) is 0.727. The predicted molar refractivity (Wildman–Crippen MR) is 107 cm³/mol. The van der Waals surface area contributed by atoms with Gasteiger partial charge in [-0.25, -0.2) is 0 Å². The summed E-state index contributed by atoms with van der Waals surface area (Å²) >= 11 is 0. The van der Waals surface area contributed by atoms with Crippen LogP contribution in [0.15, 0.2) is 30.3 Å². The summed E-state index contributed by atoms with van der Waals surface area (Å²) in [5.74, 6) is 0. The van der Waals surface area contributed by atoms with Gasteiger partial charge in [0.25, 0.3) is 0 Å². The van der Waals surface area contributed by atoms with Crippen LogP contribution in [0.5, 0.6) is 0 Å². The molecule has 25 heavy (non-hydrogen) atoms. The van der Waals surface area contributed by atoms with Crippen LogP contribution in [0.4, 0.5) is 0 Å². The first-order chi connectivity index (χ1) is 12.2. The summed E-state index contributed by atoms with van der Waals surface area (Å²) in [6.45, 7) is -0.260. The lowest BCUT2D eigenvalue weighted by molar-refractivity contribution is 0.112. The van der Waals surface area contributed by atoms with Gasteiger partial charge >= 0.3 is 0 Å². The Hall–Kier alpha value is -0.900. The van der Waals surface area contributed by atoms with Crippen LogP contribution in [0.1, 0.15) is 82.6 Å². The third kappa shape index (κ3) is 11.4. The Morgan fingerprint density at radius 2 is 1.08 bits per heavy atom. The lowest BCUT2D eigenvalue weighted by Crippen LogP contribution is -2.47. The highest BCUT2D eigenvalue weighted by molar-refractivity contribution is 5.14. The highest BCUT2D eigenvalue weighted by Gasteiger charge is 2.21. The Morgan fingerprint density at radius 1 is 0.640 bits per heavy atom. The number of aryl methyl sites for hydroxylation is 1. The van der Waals surface area contributed by atoms with Gasteiger partial charge in [-0.05, 0) is 24.8 Å². The summed E-state index contributed by atoms with van der Waals surface area (Å²) in [4.78, 5) is 0. The van der Waals surface area contributed by atoms with E-state index in [0.717, 1.165) is 12.8 Å². The van der Waals surface area contributed by atoms with Crippen molar-refractivity contribution in [3.63, 3.8) is 0 Å². The van der Waals surface area contributed by atoms with Gasteiger partial charge < -0.3 is 15.9 Å². The van der Waals surface area contributed by atoms with Crippen molar-refractivity contribution in [1.82, 2.24) is 0 Å². The van der Waals surface area contributed by atoms with Crippen molar-refractivity contribution >= 4 is 0 Å². The largest absolute Gasteiger partial charge is 0.394 e. The van der Waals surface area contributed by atoms with E-state index in [1.807, 2.05) is 0 Å². The molecule has 0 unspecified atom stereocenters. The van der Waals surface area contributed by atoms with Gasteiger partial charge in [-0.15, -0.1) is 0 Å². The summed E-state index contributed by atoms with van der Waals surface area (Å²) in [5, 5.41) is 18.3. The fourth-order valence-electron chi connectivity index (χ4n) is 3.25. The quantitative estimate of drug-likeness (QED) is 0.382. The van der Waals surface area contributed by atoms with E-state index in [1.54, 1.807) is 0 Å². The smallest absolute Gasteiger partial charge is 0.0633 e. The molecule has 0 aromatic heterocycles. The van der Waals surface area contributed by atoms with E-state index >= 15 is 0 Å². The molecule has 0 aliphatic rings. The molecule has 144 valence electrons. The Kier molecular flexibility index (Phi) is 12.7. The van der Waals surface area contributed by atoms with Crippen molar-refractivity contribution in [3.05, 3.63) is 35.9 Å². The second-order valence-corrected chi connectivity index (χ2v) is 7.55. The van der Waals surface area contributed by atoms with Gasteiger partial charge in [0.05, 0.1) is 18.8 Å². The Labute approximate surface area is 154 Å². The van der Waals surface area contributed by atoms with Crippen LogP contribution in [0.3, 0.4) is 0 Å². The van der Waals surface area contributed by atoms with E-state index < -0.39 is 5.54 Å². The van der Waals surface area contributed by atoms with E-state index in [-0.39, 0.29) is 13.2 Å². The van der Waals surface area contributed by atoms with E-state index in [2.05, 4.69) is 30.3 Å². The molecule has 0 heterocycles. The fourth-order valence-corrected chi connectivity index (χ4v) is 3.25. The molecule has 0 saturated carbocycles. The third-order valence-corrected chi connectivity index (χ3v) is 5.11. The van der Waals surface area contributed by atoms with Gasteiger partial charge in [0.15, 0.2) is 0 Å². The maximum Gasteiger partial charge on any atom is 0.0633 e. The van der Waals surface area contributed by atoms with Gasteiger partial charge in [-0.2, -0.15) is 0 Å². The van der Waals surface area contributed by atoms with Crippen LogP contribution in [-0.4, -0.2) is 29.0 Å². The zero-order valence-corrected chi connectivity index (χ0v) is 16.0. The van der Waals surface area contributed by atoms with Crippen molar-refractivity contribution in [1.29, 1.82) is 0 Å². The predicted octanol–water partition coefficient (Wildman–Crippen LogP) is 4.59. The number of unbranched alkanes of at least 4 members (excludes halogenated alkanes) is 10. The molecule has 1 aromatic rings. The van der Waals surface area contributed by atoms with Gasteiger partial charge in [0.1, 0.15) is 0 Å². The van der Waals surface area contributed by atoms with Crippen LogP contribution in [0.2, 0.25) is 0 Å². The summed E-state index contributed by atoms with van der Waals surface area (Å²) in [7, 11) is 0. The molecule has 0 atom stereocenters. The monoisotopic (exact) mass is 349 g/mol. The number of nitrogens with two attached hydrogens (primary N) is 1. The van der Waals surface area contributed by atoms with Crippen LogP contribution in [0.25, 0.3) is 0 Å². The minimum absolute atomic E-state index is 0.130. The molecule has 1 rings (SSSR count). The average Bonchev–Trinajstić information content (AvgIpc) is 2.66. The first-order valence-electron chi connectivity index (χ1n) is 10.2. The molecule has 0 spiro atoms. The van der Waals surface area contributed by atoms with E-state index in [9.17, 15) is 0 Å². The highest BCUT2D eigenvalue weighted by Crippen LogP contribution is 2.15. The third-order valence-electron chi connectivity index (χ3n) is 5.11. The maximum absolute atomic E-state index is 9.14. The minimum atomic E-state index is -0.777. The molecule has 4 N–H and O–H groups in total. The van der Waals surface area contributed by atoms with Crippen LogP contribution in [-0.2, 0) is 6.42 Å². The molecule has 0 aliphatic carbocycles. The molecule has 0 aliphatic heterocycles. The second-order valence-electron chi connectivity index (χ2n) is 7.55. The SMILES string of the molecule is NC(CO)(CO)CCCCCCCCCCCCCc1ccccc1. The van der Waals surface area contributed by atoms with Crippen molar-refractivity contribution in [2.75, 3.05) is 13.2 Å². The Morgan fingerprint density at radius 3 is 1.56 bits per heavy atom. The van der Waals surface area contributed by atoms with Crippen LogP contribution >= 0.6 is 0 Å². The molecule has 0 amide bonds. The van der Waals surface area contributed by atoms with Gasteiger partial charge in [0.2, 0.25) is 0 Å². The molecular formula is C22H39NO2. The standard InChI is InChI=1S/C22H39NO2/c23-22(19-24,20-25)18-14-9-7-5-3-1-2-4-6-8-11-15-21-16-12-10-13-17-21/h10,12-13,16-17,24-25H,1-9,11,14-15,18-20,23H2. The summed E-state index contributed by atoms with van der Waals surface area (Å²) < 4.78 is 0. The molecule has 0 bridgehead atoms. The zero-order valence-electron chi connectivity index (χ0n) is 16.0. The van der Waals surface area contributed by atoms with Gasteiger partial charge in [-0.1, -0.05) is 94.5 Å². The molecular weight excluding hydrogens is 310 g/mol. The van der Waals surface area contributed by atoms with Crippen molar-refractivity contribution in [2.24, 2.45) is 5.73 Å². The number of aliphatic hydroxyl groups excluding tert-OH is 2. The van der Waals surface area contributed by atoms with E-state index in [0.29, 0.717) is 6.42 Å². The van der Waals surface area contributed by atoms with Gasteiger partial charge in [0, 0.05) is 0 Å². The summed E-state index contributed by atoms with van der Waals surface area (Å²) in [6.07, 6.45) is 16.1. The lowest BCUT2D eigenvalue weighted by Gasteiger charge is -2.24. The Bertz CT molecular complexity index is 404. The van der Waals surface area contributed by atoms with Crippen molar-refractivity contribution in [2.45, 2.75) is 89.0 Å². The topological polar surface area (TPSA) is 66.5 Å². The summed E-state index contributed by atoms with van der Waals surface area (Å²) in [5.41, 5.74) is 6.55. The Balaban J connectivity index is 1.80. The number of hydrogen-bond acceptors (Lipinski definition) is 3.